The molecule has 0 spiro atoms. The third-order valence-electron chi connectivity index (χ3n) is 9.57. The number of benzene rings is 1. The highest BCUT2D eigenvalue weighted by Crippen LogP contribution is 2.34. The lowest BCUT2D eigenvalue weighted by Crippen LogP contribution is -2.56. The largest absolute Gasteiger partial charge is 0.453 e. The Morgan fingerprint density at radius 1 is 1.09 bits per heavy atom. The van der Waals surface area contributed by atoms with Crippen LogP contribution >= 0.6 is 11.6 Å². The number of nitrogens with zero attached hydrogens (tertiary/aromatic N) is 2. The minimum absolute atomic E-state index is 0.0360. The number of hydrogen-bond acceptors (Lipinski definition) is 6. The van der Waals surface area contributed by atoms with Gasteiger partial charge >= 0.3 is 18.2 Å². The Labute approximate surface area is 288 Å². The van der Waals surface area contributed by atoms with Crippen LogP contribution in [0, 0.1) is 11.8 Å². The molecule has 4 amide bonds. The molecule has 10 nitrogen and oxygen atoms in total. The zero-order valence-electron chi connectivity index (χ0n) is 29.5. The van der Waals surface area contributed by atoms with E-state index in [9.17, 15) is 14.4 Å². The van der Waals surface area contributed by atoms with Crippen LogP contribution in [0.5, 0.6) is 0 Å². The topological polar surface area (TPSA) is 109 Å². The fourth-order valence-electron chi connectivity index (χ4n) is 6.89. The number of carbonyl (C=O) groups is 3. The van der Waals surface area contributed by atoms with Crippen LogP contribution < -0.4 is 10.6 Å². The van der Waals surface area contributed by atoms with Gasteiger partial charge < -0.3 is 34.6 Å². The fourth-order valence-corrected chi connectivity index (χ4v) is 7.81. The number of carbonyl (C=O) groups excluding carboxylic acids is 3. The number of alkyl carbamates (subject to hydrolysis) is 1. The first-order valence-corrected chi connectivity index (χ1v) is 21.6. The van der Waals surface area contributed by atoms with Crippen LogP contribution in [0.15, 0.2) is 24.3 Å². The average molecular weight is 695 g/mol. The lowest BCUT2D eigenvalue weighted by atomic mass is 9.82. The van der Waals surface area contributed by atoms with E-state index < -0.39 is 14.2 Å². The average Bonchev–Trinajstić information content (AvgIpc) is 3.04. The lowest BCUT2D eigenvalue weighted by Gasteiger charge is -2.40. The third-order valence-corrected chi connectivity index (χ3v) is 11.5. The maximum Gasteiger partial charge on any atom is 0.409 e. The van der Waals surface area contributed by atoms with E-state index in [1.165, 1.54) is 26.4 Å². The molecule has 2 N–H and O–H groups in total. The molecule has 47 heavy (non-hydrogen) atoms. The Bertz CT molecular complexity index is 1130. The molecule has 0 radical (unpaired) electrons. The Morgan fingerprint density at radius 3 is 2.49 bits per heavy atom. The third kappa shape index (κ3) is 13.1. The maximum atomic E-state index is 14.0. The first-order valence-electron chi connectivity index (χ1n) is 17.6. The number of likely N-dealkylation sites (N-methyl/N-ethyl adjacent to an activating group) is 1. The molecule has 1 saturated carbocycles. The number of urea groups is 1. The van der Waals surface area contributed by atoms with Crippen molar-refractivity contribution < 1.29 is 28.6 Å². The van der Waals surface area contributed by atoms with E-state index in [0.717, 1.165) is 43.7 Å². The van der Waals surface area contributed by atoms with Crippen molar-refractivity contribution in [3.8, 4) is 0 Å². The van der Waals surface area contributed by atoms with Gasteiger partial charge in [0.05, 0.1) is 38.5 Å². The standard InChI is InChI=1S/C35H59ClN4O6Si/c1-7-31(39(2)35(43)46-21-22-47(4,5)6)30(23-26-13-9-8-10-14-26)38-33(41)40-19-12-16-28(25-40)32(27-15-11-17-29(36)24-27)45-20-18-37-34(42)44-3/h11,15,17,24,26,28,30-32H,7-10,12-14,16,18-23,25H2,1-6H3,(H,37,42)(H,38,41)/t28-,30?,31?,32+/m1/s1. The van der Waals surface area contributed by atoms with E-state index >= 15 is 0 Å². The predicted octanol–water partition coefficient (Wildman–Crippen LogP) is 7.70. The van der Waals surface area contributed by atoms with Crippen molar-refractivity contribution in [3.63, 3.8) is 0 Å². The Balaban J connectivity index is 1.73. The Morgan fingerprint density at radius 2 is 1.83 bits per heavy atom. The zero-order valence-corrected chi connectivity index (χ0v) is 31.3. The molecule has 0 bridgehead atoms. The summed E-state index contributed by atoms with van der Waals surface area (Å²) in [6, 6.07) is 8.09. The highest BCUT2D eigenvalue weighted by Gasteiger charge is 2.35. The molecular formula is C35H59ClN4O6Si. The van der Waals surface area contributed by atoms with Crippen LogP contribution in [-0.4, -0.2) is 95.2 Å². The molecule has 1 aromatic rings. The van der Waals surface area contributed by atoms with Gasteiger partial charge in [0, 0.05) is 45.7 Å². The summed E-state index contributed by atoms with van der Waals surface area (Å²) in [5.41, 5.74) is 0.943. The smallest absolute Gasteiger partial charge is 0.409 e. The van der Waals surface area contributed by atoms with Gasteiger partial charge in [-0.25, -0.2) is 14.4 Å². The van der Waals surface area contributed by atoms with Crippen molar-refractivity contribution in [2.75, 3.05) is 47.0 Å². The van der Waals surface area contributed by atoms with Crippen molar-refractivity contribution in [3.05, 3.63) is 34.9 Å². The van der Waals surface area contributed by atoms with Gasteiger partial charge in [-0.15, -0.1) is 0 Å². The first kappa shape index (κ1) is 38.9. The van der Waals surface area contributed by atoms with Crippen LogP contribution in [0.3, 0.4) is 0 Å². The van der Waals surface area contributed by atoms with Crippen LogP contribution in [0.2, 0.25) is 30.7 Å². The van der Waals surface area contributed by atoms with E-state index in [1.54, 1.807) is 4.90 Å². The summed E-state index contributed by atoms with van der Waals surface area (Å²) in [5.74, 6) is 0.557. The normalized spacial score (nSPS) is 19.3. The molecule has 4 atom stereocenters. The van der Waals surface area contributed by atoms with Gasteiger partial charge in [0.25, 0.3) is 0 Å². The van der Waals surface area contributed by atoms with Gasteiger partial charge in [0.1, 0.15) is 0 Å². The molecule has 266 valence electrons. The van der Waals surface area contributed by atoms with Gasteiger partial charge in [-0.2, -0.15) is 0 Å². The number of ether oxygens (including phenoxy) is 3. The number of likely N-dealkylation sites (tertiary alicyclic amines) is 1. The summed E-state index contributed by atoms with van der Waals surface area (Å²) in [5, 5.41) is 6.69. The number of amides is 4. The summed E-state index contributed by atoms with van der Waals surface area (Å²) in [7, 11) is 1.80. The number of nitrogens with one attached hydrogen (secondary N) is 2. The lowest BCUT2D eigenvalue weighted by molar-refractivity contribution is -0.00887. The molecular weight excluding hydrogens is 636 g/mol. The maximum absolute atomic E-state index is 14.0. The molecule has 1 aliphatic carbocycles. The Kier molecular flexibility index (Phi) is 16.1. The predicted molar refractivity (Wildman–Crippen MR) is 190 cm³/mol. The second kappa shape index (κ2) is 19.5. The minimum atomic E-state index is -1.34. The number of piperidine rings is 1. The number of methoxy groups -OCH3 is 1. The van der Waals surface area contributed by atoms with Crippen LogP contribution in [0.1, 0.15) is 76.4 Å². The van der Waals surface area contributed by atoms with E-state index in [-0.39, 0.29) is 42.8 Å². The number of rotatable bonds is 15. The van der Waals surface area contributed by atoms with Crippen LogP contribution in [0.4, 0.5) is 14.4 Å². The first-order chi connectivity index (χ1) is 22.4. The van der Waals surface area contributed by atoms with E-state index in [2.05, 4.69) is 41.9 Å². The quantitative estimate of drug-likeness (QED) is 0.144. The zero-order chi connectivity index (χ0) is 34.4. The van der Waals surface area contributed by atoms with Crippen molar-refractivity contribution in [2.24, 2.45) is 11.8 Å². The van der Waals surface area contributed by atoms with Crippen molar-refractivity contribution in [2.45, 2.75) is 109 Å². The summed E-state index contributed by atoms with van der Waals surface area (Å²) < 4.78 is 16.7. The molecule has 1 aromatic carbocycles. The highest BCUT2D eigenvalue weighted by atomic mass is 35.5. The number of halogens is 1. The summed E-state index contributed by atoms with van der Waals surface area (Å²) in [6.45, 7) is 11.1. The second-order valence-electron chi connectivity index (χ2n) is 14.4. The van der Waals surface area contributed by atoms with Gasteiger partial charge in [0.2, 0.25) is 0 Å². The SMILES string of the molecule is CCC(C(CC1CCCCC1)NC(=O)N1CCC[C@@H]([C@@H](OCCNC(=O)OC)c2cccc(Cl)c2)C1)N(C)C(=O)OCC[Si](C)(C)C. The fraction of sp³-hybridized carbons (Fsp3) is 0.743. The summed E-state index contributed by atoms with van der Waals surface area (Å²) >= 11 is 6.37. The van der Waals surface area contributed by atoms with E-state index in [4.69, 9.17) is 21.1 Å². The molecule has 3 rings (SSSR count). The molecule has 1 heterocycles. The second-order valence-corrected chi connectivity index (χ2v) is 20.5. The van der Waals surface area contributed by atoms with Crippen molar-refractivity contribution in [1.29, 1.82) is 0 Å². The van der Waals surface area contributed by atoms with Crippen LogP contribution in [0.25, 0.3) is 0 Å². The molecule has 1 saturated heterocycles. The highest BCUT2D eigenvalue weighted by molar-refractivity contribution is 6.76. The van der Waals surface area contributed by atoms with E-state index in [1.807, 2.05) is 36.2 Å². The molecule has 2 unspecified atom stereocenters. The monoisotopic (exact) mass is 694 g/mol. The van der Waals surface area contributed by atoms with E-state index in [0.29, 0.717) is 43.6 Å². The number of hydrogen-bond donors (Lipinski definition) is 2. The molecule has 2 fully saturated rings. The van der Waals surface area contributed by atoms with Crippen molar-refractivity contribution in [1.82, 2.24) is 20.4 Å². The summed E-state index contributed by atoms with van der Waals surface area (Å²) in [6.07, 6.45) is 8.15. The van der Waals surface area contributed by atoms with Gasteiger partial charge in [0.15, 0.2) is 0 Å². The molecule has 12 heteroatoms. The van der Waals surface area contributed by atoms with Gasteiger partial charge in [-0.1, -0.05) is 82.4 Å². The molecule has 2 aliphatic rings. The van der Waals surface area contributed by atoms with Crippen molar-refractivity contribution >= 4 is 37.9 Å². The summed E-state index contributed by atoms with van der Waals surface area (Å²) in [4.78, 5) is 42.4. The molecule has 1 aliphatic heterocycles. The Hall–Kier alpha value is -2.50. The minimum Gasteiger partial charge on any atom is -0.453 e. The van der Waals surface area contributed by atoms with Crippen LogP contribution in [-0.2, 0) is 14.2 Å². The molecule has 0 aromatic heterocycles. The van der Waals surface area contributed by atoms with Gasteiger partial charge in [-0.3, -0.25) is 0 Å². The van der Waals surface area contributed by atoms with Gasteiger partial charge in [-0.05, 0) is 55.3 Å².